The van der Waals surface area contributed by atoms with E-state index in [1.807, 2.05) is 53.4 Å². The van der Waals surface area contributed by atoms with Crippen LogP contribution in [0.4, 0.5) is 10.5 Å². The highest BCUT2D eigenvalue weighted by molar-refractivity contribution is 5.94. The predicted octanol–water partition coefficient (Wildman–Crippen LogP) is 3.86. The summed E-state index contributed by atoms with van der Waals surface area (Å²) in [4.78, 5) is 32.4. The first kappa shape index (κ1) is 25.2. The van der Waals surface area contributed by atoms with Gasteiger partial charge in [-0.1, -0.05) is 37.3 Å². The van der Waals surface area contributed by atoms with E-state index in [1.165, 1.54) is 0 Å². The van der Waals surface area contributed by atoms with Gasteiger partial charge < -0.3 is 25.3 Å². The van der Waals surface area contributed by atoms with Crippen molar-refractivity contribution < 1.29 is 9.59 Å². The third-order valence-corrected chi connectivity index (χ3v) is 7.20. The van der Waals surface area contributed by atoms with Gasteiger partial charge in [-0.3, -0.25) is 4.79 Å². The second-order valence-corrected chi connectivity index (χ2v) is 9.59. The van der Waals surface area contributed by atoms with Gasteiger partial charge in [-0.15, -0.1) is 0 Å². The summed E-state index contributed by atoms with van der Waals surface area (Å²) in [6.07, 6.45) is 2.94. The summed E-state index contributed by atoms with van der Waals surface area (Å²) in [5.41, 5.74) is 2.63. The minimum atomic E-state index is -0.0640. The monoisotopic (exact) mass is 477 g/mol. The van der Waals surface area contributed by atoms with Crippen LogP contribution in [0.2, 0.25) is 0 Å². The number of hydrogen-bond acceptors (Lipinski definition) is 4. The average Bonchev–Trinajstić information content (AvgIpc) is 2.92. The zero-order valence-corrected chi connectivity index (χ0v) is 20.9. The molecule has 1 atom stereocenters. The molecule has 2 aliphatic heterocycles. The molecule has 4 rings (SSSR count). The van der Waals surface area contributed by atoms with Crippen LogP contribution in [-0.2, 0) is 0 Å². The maximum Gasteiger partial charge on any atom is 0.321 e. The van der Waals surface area contributed by atoms with Gasteiger partial charge in [-0.05, 0) is 62.2 Å². The summed E-state index contributed by atoms with van der Waals surface area (Å²) in [6.45, 7) is 11.0. The van der Waals surface area contributed by atoms with E-state index in [1.54, 1.807) is 0 Å². The Labute approximate surface area is 209 Å². The van der Waals surface area contributed by atoms with Crippen LogP contribution in [0.5, 0.6) is 0 Å². The Bertz CT molecular complexity index is 959. The van der Waals surface area contributed by atoms with Crippen LogP contribution in [0.1, 0.15) is 48.0 Å². The van der Waals surface area contributed by atoms with Gasteiger partial charge in [0.05, 0.1) is 0 Å². The van der Waals surface area contributed by atoms with Crippen molar-refractivity contribution in [1.29, 1.82) is 0 Å². The van der Waals surface area contributed by atoms with Gasteiger partial charge in [0.2, 0.25) is 0 Å². The van der Waals surface area contributed by atoms with Crippen LogP contribution in [-0.4, -0.2) is 85.5 Å². The smallest absolute Gasteiger partial charge is 0.321 e. The number of nitrogens with zero attached hydrogens (tertiary/aromatic N) is 3. The molecular formula is C28H39N5O2. The second-order valence-electron chi connectivity index (χ2n) is 9.59. The lowest BCUT2D eigenvalue weighted by Gasteiger charge is -2.34. The Kier molecular flexibility index (Phi) is 9.15. The van der Waals surface area contributed by atoms with Crippen molar-refractivity contribution >= 4 is 17.6 Å². The van der Waals surface area contributed by atoms with Gasteiger partial charge in [-0.2, -0.15) is 0 Å². The predicted molar refractivity (Wildman–Crippen MR) is 141 cm³/mol. The van der Waals surface area contributed by atoms with E-state index in [4.69, 9.17) is 0 Å². The largest absolute Gasteiger partial charge is 0.352 e. The third-order valence-electron chi connectivity index (χ3n) is 7.20. The molecule has 0 spiro atoms. The summed E-state index contributed by atoms with van der Waals surface area (Å²) in [5.74, 6) is 0.219. The van der Waals surface area contributed by atoms with Crippen molar-refractivity contribution in [2.75, 3.05) is 64.2 Å². The van der Waals surface area contributed by atoms with Crippen LogP contribution in [0.25, 0.3) is 0 Å². The molecule has 2 saturated heterocycles. The molecule has 0 saturated carbocycles. The van der Waals surface area contributed by atoms with Gasteiger partial charge in [0.15, 0.2) is 0 Å². The number of carbonyl (C=O) groups excluding carboxylic acids is 2. The van der Waals surface area contributed by atoms with Crippen molar-refractivity contribution in [2.45, 2.75) is 32.1 Å². The molecule has 35 heavy (non-hydrogen) atoms. The number of benzene rings is 2. The Morgan fingerprint density at radius 3 is 2.49 bits per heavy atom. The van der Waals surface area contributed by atoms with Crippen molar-refractivity contribution in [3.8, 4) is 0 Å². The molecule has 7 nitrogen and oxygen atoms in total. The molecule has 2 aliphatic rings. The maximum absolute atomic E-state index is 12.8. The number of amides is 3. The lowest BCUT2D eigenvalue weighted by atomic mass is 9.89. The number of piperazine rings is 1. The van der Waals surface area contributed by atoms with Crippen LogP contribution in [0, 0.1) is 0 Å². The lowest BCUT2D eigenvalue weighted by Crippen LogP contribution is -2.46. The first-order valence-electron chi connectivity index (χ1n) is 13.1. The topological polar surface area (TPSA) is 67.9 Å². The van der Waals surface area contributed by atoms with Crippen molar-refractivity contribution in [3.63, 3.8) is 0 Å². The van der Waals surface area contributed by atoms with Crippen molar-refractivity contribution in [3.05, 3.63) is 65.7 Å². The molecule has 2 heterocycles. The molecule has 2 N–H and O–H groups in total. The van der Waals surface area contributed by atoms with Gasteiger partial charge in [0.1, 0.15) is 0 Å². The Morgan fingerprint density at radius 1 is 0.943 bits per heavy atom. The molecule has 2 aromatic rings. The number of urea groups is 1. The SMILES string of the molecule is CCN1CCN(CCCNC(=O)c2cccc([C@@H]3CCCN(C(=O)Nc4ccccc4)C3)c2)CC1. The van der Waals surface area contributed by atoms with Gasteiger partial charge in [0.25, 0.3) is 5.91 Å². The van der Waals surface area contributed by atoms with E-state index in [0.29, 0.717) is 18.7 Å². The summed E-state index contributed by atoms with van der Waals surface area (Å²) in [5, 5.41) is 6.08. The number of anilines is 1. The van der Waals surface area contributed by atoms with E-state index < -0.39 is 0 Å². The minimum absolute atomic E-state index is 0.0165. The summed E-state index contributed by atoms with van der Waals surface area (Å²) >= 11 is 0. The van der Waals surface area contributed by atoms with Crippen LogP contribution in [0.15, 0.2) is 54.6 Å². The summed E-state index contributed by atoms with van der Waals surface area (Å²) in [7, 11) is 0. The highest BCUT2D eigenvalue weighted by Gasteiger charge is 2.25. The first-order valence-corrected chi connectivity index (χ1v) is 13.1. The van der Waals surface area contributed by atoms with Crippen molar-refractivity contribution in [2.24, 2.45) is 0 Å². The highest BCUT2D eigenvalue weighted by atomic mass is 16.2. The van der Waals surface area contributed by atoms with Crippen LogP contribution in [0.3, 0.4) is 0 Å². The standard InChI is InChI=1S/C28H39N5O2/c1-2-31-17-19-32(20-18-31)15-8-14-29-27(34)24-10-6-9-23(21-24)25-11-7-16-33(22-25)28(35)30-26-12-4-3-5-13-26/h3-6,9-10,12-13,21,25H,2,7-8,11,14-20,22H2,1H3,(H,29,34)(H,30,35)/t25-/m1/s1. The van der Waals surface area contributed by atoms with Crippen LogP contribution < -0.4 is 10.6 Å². The molecule has 0 aromatic heterocycles. The average molecular weight is 478 g/mol. The molecule has 0 aliphatic carbocycles. The van der Waals surface area contributed by atoms with E-state index in [-0.39, 0.29) is 17.9 Å². The fourth-order valence-corrected chi connectivity index (χ4v) is 5.03. The lowest BCUT2D eigenvalue weighted by molar-refractivity contribution is 0.0948. The zero-order valence-electron chi connectivity index (χ0n) is 20.9. The van der Waals surface area contributed by atoms with Gasteiger partial charge >= 0.3 is 6.03 Å². The Hall–Kier alpha value is -2.90. The van der Waals surface area contributed by atoms with E-state index in [2.05, 4.69) is 33.4 Å². The van der Waals surface area contributed by atoms with Crippen molar-refractivity contribution in [1.82, 2.24) is 20.0 Å². The van der Waals surface area contributed by atoms with Crippen LogP contribution >= 0.6 is 0 Å². The second kappa shape index (κ2) is 12.7. The summed E-state index contributed by atoms with van der Waals surface area (Å²) < 4.78 is 0. The number of piperidine rings is 1. The minimum Gasteiger partial charge on any atom is -0.352 e. The van der Waals surface area contributed by atoms with Gasteiger partial charge in [-0.25, -0.2) is 4.79 Å². The fraction of sp³-hybridized carbons (Fsp3) is 0.500. The number of rotatable bonds is 8. The third kappa shape index (κ3) is 7.29. The molecule has 0 unspecified atom stereocenters. The van der Waals surface area contributed by atoms with E-state index in [9.17, 15) is 9.59 Å². The molecule has 2 fully saturated rings. The number of likely N-dealkylation sites (N-methyl/N-ethyl adjacent to an activating group) is 1. The first-order chi connectivity index (χ1) is 17.1. The summed E-state index contributed by atoms with van der Waals surface area (Å²) in [6, 6.07) is 17.4. The number of carbonyl (C=O) groups is 2. The van der Waals surface area contributed by atoms with Gasteiger partial charge in [0, 0.05) is 63.0 Å². The van der Waals surface area contributed by atoms with E-state index >= 15 is 0 Å². The maximum atomic E-state index is 12.8. The zero-order chi connectivity index (χ0) is 24.5. The molecule has 188 valence electrons. The normalized spacial score (nSPS) is 19.3. The number of hydrogen-bond donors (Lipinski definition) is 2. The quantitative estimate of drug-likeness (QED) is 0.567. The molecule has 2 aromatic carbocycles. The Balaban J connectivity index is 1.24. The molecule has 7 heteroatoms. The number of nitrogens with one attached hydrogen (secondary N) is 2. The Morgan fingerprint density at radius 2 is 1.71 bits per heavy atom. The molecule has 0 radical (unpaired) electrons. The molecule has 3 amide bonds. The fourth-order valence-electron chi connectivity index (χ4n) is 5.03. The number of likely N-dealkylation sites (tertiary alicyclic amines) is 1. The molecule has 0 bridgehead atoms. The number of para-hydroxylation sites is 1. The highest BCUT2D eigenvalue weighted by Crippen LogP contribution is 2.28. The van der Waals surface area contributed by atoms with E-state index in [0.717, 1.165) is 76.3 Å². The molecular weight excluding hydrogens is 438 g/mol.